The van der Waals surface area contributed by atoms with E-state index in [-0.39, 0.29) is 17.0 Å². The standard InChI is InChI=1S/C22H19N3O5/c1-15-12-19(25(29)30)13-16(20(15)26)14-23-24-21(27)22(28,17-8-4-2-5-9-17)18-10-6-3-7-11-18/h2-14,26,28H,1H3,(H,24,27)/b23-14+. The van der Waals surface area contributed by atoms with Crippen LogP contribution in [0.15, 0.2) is 77.9 Å². The molecule has 3 aromatic rings. The molecule has 0 fully saturated rings. The van der Waals surface area contributed by atoms with Gasteiger partial charge in [-0.1, -0.05) is 60.7 Å². The Morgan fingerprint density at radius 1 is 1.07 bits per heavy atom. The van der Waals surface area contributed by atoms with Gasteiger partial charge >= 0.3 is 0 Å². The van der Waals surface area contributed by atoms with Crippen molar-refractivity contribution < 1.29 is 19.9 Å². The molecular weight excluding hydrogens is 386 g/mol. The summed E-state index contributed by atoms with van der Waals surface area (Å²) in [5, 5.41) is 36.2. The monoisotopic (exact) mass is 405 g/mol. The zero-order valence-electron chi connectivity index (χ0n) is 16.0. The Labute approximate surface area is 172 Å². The van der Waals surface area contributed by atoms with Crippen LogP contribution in [0.3, 0.4) is 0 Å². The molecule has 0 heterocycles. The van der Waals surface area contributed by atoms with E-state index in [1.165, 1.54) is 13.0 Å². The van der Waals surface area contributed by atoms with E-state index in [0.717, 1.165) is 12.3 Å². The molecule has 0 aliphatic heterocycles. The van der Waals surface area contributed by atoms with E-state index >= 15 is 0 Å². The van der Waals surface area contributed by atoms with E-state index in [9.17, 15) is 25.1 Å². The SMILES string of the molecule is Cc1cc([N+](=O)[O-])cc(/C=N/NC(=O)C(O)(c2ccccc2)c2ccccc2)c1O. The minimum Gasteiger partial charge on any atom is -0.507 e. The average Bonchev–Trinajstić information content (AvgIpc) is 2.76. The van der Waals surface area contributed by atoms with Crippen molar-refractivity contribution in [2.45, 2.75) is 12.5 Å². The summed E-state index contributed by atoms with van der Waals surface area (Å²) in [6.45, 7) is 1.52. The number of aryl methyl sites for hydroxylation is 1. The van der Waals surface area contributed by atoms with Gasteiger partial charge in [0.05, 0.1) is 11.1 Å². The van der Waals surface area contributed by atoms with Crippen LogP contribution >= 0.6 is 0 Å². The summed E-state index contributed by atoms with van der Waals surface area (Å²) in [6.07, 6.45) is 1.09. The molecule has 3 N–H and O–H groups in total. The van der Waals surface area contributed by atoms with Crippen molar-refractivity contribution >= 4 is 17.8 Å². The molecule has 0 aliphatic carbocycles. The molecule has 8 nitrogen and oxygen atoms in total. The predicted octanol–water partition coefficient (Wildman–Crippen LogP) is 3.00. The van der Waals surface area contributed by atoms with Gasteiger partial charge in [-0.25, -0.2) is 5.43 Å². The van der Waals surface area contributed by atoms with Crippen molar-refractivity contribution in [2.24, 2.45) is 5.10 Å². The summed E-state index contributed by atoms with van der Waals surface area (Å²) < 4.78 is 0. The van der Waals surface area contributed by atoms with Crippen LogP contribution in [0.1, 0.15) is 22.3 Å². The van der Waals surface area contributed by atoms with Crippen LogP contribution < -0.4 is 5.43 Å². The number of carbonyl (C=O) groups is 1. The van der Waals surface area contributed by atoms with Crippen LogP contribution in [-0.4, -0.2) is 27.3 Å². The number of nitrogens with one attached hydrogen (secondary N) is 1. The van der Waals surface area contributed by atoms with Crippen LogP contribution in [0, 0.1) is 17.0 Å². The molecule has 0 radical (unpaired) electrons. The number of phenols is 1. The lowest BCUT2D eigenvalue weighted by atomic mass is 9.85. The Morgan fingerprint density at radius 2 is 1.60 bits per heavy atom. The van der Waals surface area contributed by atoms with Gasteiger partial charge in [0.25, 0.3) is 11.6 Å². The van der Waals surface area contributed by atoms with Gasteiger partial charge in [-0.2, -0.15) is 5.10 Å². The summed E-state index contributed by atoms with van der Waals surface area (Å²) in [5.74, 6) is -1.02. The number of non-ortho nitro benzene ring substituents is 1. The number of aliphatic hydroxyl groups is 1. The topological polar surface area (TPSA) is 125 Å². The van der Waals surface area contributed by atoms with E-state index in [1.54, 1.807) is 60.7 Å². The highest BCUT2D eigenvalue weighted by atomic mass is 16.6. The molecule has 3 rings (SSSR count). The number of nitro benzene ring substituents is 1. The molecule has 0 aliphatic rings. The largest absolute Gasteiger partial charge is 0.507 e. The Kier molecular flexibility index (Phi) is 5.89. The Bertz CT molecular complexity index is 1060. The highest BCUT2D eigenvalue weighted by Crippen LogP contribution is 2.30. The van der Waals surface area contributed by atoms with Crippen molar-refractivity contribution in [1.82, 2.24) is 5.43 Å². The van der Waals surface area contributed by atoms with E-state index in [1.807, 2.05) is 0 Å². The van der Waals surface area contributed by atoms with E-state index in [0.29, 0.717) is 16.7 Å². The fourth-order valence-corrected chi connectivity index (χ4v) is 3.02. The third kappa shape index (κ3) is 4.03. The average molecular weight is 405 g/mol. The van der Waals surface area contributed by atoms with Gasteiger partial charge in [-0.15, -0.1) is 0 Å². The molecule has 0 saturated carbocycles. The van der Waals surface area contributed by atoms with Crippen molar-refractivity contribution in [3.05, 3.63) is 105 Å². The van der Waals surface area contributed by atoms with E-state index < -0.39 is 16.4 Å². The second-order valence-electron chi connectivity index (χ2n) is 6.60. The molecule has 3 aromatic carbocycles. The third-order valence-corrected chi connectivity index (χ3v) is 4.61. The van der Waals surface area contributed by atoms with Crippen molar-refractivity contribution in [3.8, 4) is 5.75 Å². The number of carbonyl (C=O) groups excluding carboxylic acids is 1. The normalized spacial score (nSPS) is 11.4. The lowest BCUT2D eigenvalue weighted by Gasteiger charge is -2.27. The Balaban J connectivity index is 1.92. The number of phenolic OH excluding ortho intramolecular Hbond substituents is 1. The van der Waals surface area contributed by atoms with E-state index in [2.05, 4.69) is 10.5 Å². The maximum atomic E-state index is 12.9. The van der Waals surface area contributed by atoms with Crippen LogP contribution in [-0.2, 0) is 10.4 Å². The molecule has 0 atom stereocenters. The zero-order valence-corrected chi connectivity index (χ0v) is 16.0. The molecule has 0 bridgehead atoms. The first-order chi connectivity index (χ1) is 14.3. The maximum Gasteiger partial charge on any atom is 0.281 e. The molecule has 0 saturated heterocycles. The first kappa shape index (κ1) is 20.7. The molecule has 1 amide bonds. The fourth-order valence-electron chi connectivity index (χ4n) is 3.02. The highest BCUT2D eigenvalue weighted by molar-refractivity contribution is 5.92. The number of hydrogen-bond acceptors (Lipinski definition) is 6. The molecule has 0 unspecified atom stereocenters. The van der Waals surface area contributed by atoms with Crippen LogP contribution in [0.4, 0.5) is 5.69 Å². The predicted molar refractivity (Wildman–Crippen MR) is 111 cm³/mol. The lowest BCUT2D eigenvalue weighted by Crippen LogP contribution is -2.43. The summed E-state index contributed by atoms with van der Waals surface area (Å²) in [6, 6.07) is 19.2. The minimum atomic E-state index is -2.01. The summed E-state index contributed by atoms with van der Waals surface area (Å²) in [4.78, 5) is 23.4. The quantitative estimate of drug-likeness (QED) is 0.330. The van der Waals surface area contributed by atoms with Crippen LogP contribution in [0.2, 0.25) is 0 Å². The number of nitro groups is 1. The van der Waals surface area contributed by atoms with Gasteiger partial charge in [-0.3, -0.25) is 14.9 Å². The number of nitrogens with zero attached hydrogens (tertiary/aromatic N) is 2. The highest BCUT2D eigenvalue weighted by Gasteiger charge is 2.39. The van der Waals surface area contributed by atoms with Crippen LogP contribution in [0.5, 0.6) is 5.75 Å². The first-order valence-electron chi connectivity index (χ1n) is 8.99. The van der Waals surface area contributed by atoms with Crippen molar-refractivity contribution in [2.75, 3.05) is 0 Å². The number of hydrogen-bond donors (Lipinski definition) is 3. The van der Waals surface area contributed by atoms with Crippen molar-refractivity contribution in [3.63, 3.8) is 0 Å². The Morgan fingerprint density at radius 3 is 2.10 bits per heavy atom. The fraction of sp³-hybridized carbons (Fsp3) is 0.0909. The molecule has 30 heavy (non-hydrogen) atoms. The molecule has 152 valence electrons. The van der Waals surface area contributed by atoms with Gasteiger partial charge in [0.2, 0.25) is 0 Å². The number of hydrazone groups is 1. The second kappa shape index (κ2) is 8.54. The smallest absolute Gasteiger partial charge is 0.281 e. The van der Waals surface area contributed by atoms with Gasteiger partial charge in [0.15, 0.2) is 5.60 Å². The first-order valence-corrected chi connectivity index (χ1v) is 8.99. The molecule has 0 aromatic heterocycles. The number of aromatic hydroxyl groups is 1. The van der Waals surface area contributed by atoms with Crippen LogP contribution in [0.25, 0.3) is 0 Å². The number of benzene rings is 3. The minimum absolute atomic E-state index is 0.0602. The van der Waals surface area contributed by atoms with Gasteiger partial charge in [0.1, 0.15) is 5.75 Å². The summed E-state index contributed by atoms with van der Waals surface area (Å²) in [5.41, 5.74) is 1.08. The number of rotatable bonds is 6. The van der Waals surface area contributed by atoms with Gasteiger partial charge < -0.3 is 10.2 Å². The molecule has 8 heteroatoms. The molecular formula is C22H19N3O5. The van der Waals surface area contributed by atoms with E-state index in [4.69, 9.17) is 0 Å². The van der Waals surface area contributed by atoms with Gasteiger partial charge in [0, 0.05) is 17.7 Å². The maximum absolute atomic E-state index is 12.9. The zero-order chi connectivity index (χ0) is 21.7. The van der Waals surface area contributed by atoms with Crippen molar-refractivity contribution in [1.29, 1.82) is 0 Å². The summed E-state index contributed by atoms with van der Waals surface area (Å²) in [7, 11) is 0. The van der Waals surface area contributed by atoms with Gasteiger partial charge in [-0.05, 0) is 23.6 Å². The second-order valence-corrected chi connectivity index (χ2v) is 6.60. The molecule has 0 spiro atoms. The third-order valence-electron chi connectivity index (χ3n) is 4.61. The summed E-state index contributed by atoms with van der Waals surface area (Å²) >= 11 is 0. The number of amides is 1. The lowest BCUT2D eigenvalue weighted by molar-refractivity contribution is -0.384. The Hall–Kier alpha value is -4.04.